The Labute approximate surface area is 312 Å². The number of hydrogen-bond donors (Lipinski definition) is 0. The highest BCUT2D eigenvalue weighted by molar-refractivity contribution is 6.15. The van der Waals surface area contributed by atoms with E-state index in [1.54, 1.807) is 0 Å². The van der Waals surface area contributed by atoms with E-state index in [-0.39, 0.29) is 0 Å². The first-order chi connectivity index (χ1) is 26.7. The third-order valence-corrected chi connectivity index (χ3v) is 10.7. The number of rotatable bonds is 5. The van der Waals surface area contributed by atoms with E-state index in [2.05, 4.69) is 162 Å². The summed E-state index contributed by atoms with van der Waals surface area (Å²) < 4.78 is 0. The highest BCUT2D eigenvalue weighted by Gasteiger charge is 2.21. The van der Waals surface area contributed by atoms with Crippen LogP contribution < -0.4 is 0 Å². The standard InChI is InChI=1S/C50H30N4/c1-2-6-31(7-3-1)40-29-51-50(52-30-40)38-20-16-34(17-21-38)46-27-24-37-19-18-36-23-26-45(53-48(36)49(37)54-46)33-14-12-32(13-15-33)39-22-25-41-42-10-4-8-35-9-5-11-43(47(35)42)44(41)28-39/h1-30H. The van der Waals surface area contributed by atoms with Gasteiger partial charge in [-0.1, -0.05) is 152 Å². The molecule has 3 heterocycles. The largest absolute Gasteiger partial charge is 0.245 e. The summed E-state index contributed by atoms with van der Waals surface area (Å²) in [5.74, 6) is 0.694. The van der Waals surface area contributed by atoms with Gasteiger partial charge in [0.05, 0.1) is 22.4 Å². The Morgan fingerprint density at radius 1 is 0.296 bits per heavy atom. The van der Waals surface area contributed by atoms with Crippen LogP contribution in [0.5, 0.6) is 0 Å². The topological polar surface area (TPSA) is 51.6 Å². The molecule has 54 heavy (non-hydrogen) atoms. The minimum Gasteiger partial charge on any atom is -0.245 e. The van der Waals surface area contributed by atoms with Crippen molar-refractivity contribution in [1.82, 2.24) is 19.9 Å². The van der Waals surface area contributed by atoms with Crippen LogP contribution in [-0.2, 0) is 0 Å². The van der Waals surface area contributed by atoms with Crippen LogP contribution in [0.4, 0.5) is 0 Å². The molecular formula is C50H30N4. The van der Waals surface area contributed by atoms with E-state index >= 15 is 0 Å². The molecule has 0 atom stereocenters. The van der Waals surface area contributed by atoms with Gasteiger partial charge in [0.1, 0.15) is 0 Å². The Balaban J connectivity index is 0.890. The van der Waals surface area contributed by atoms with Gasteiger partial charge in [0, 0.05) is 45.4 Å². The molecule has 250 valence electrons. The Hall–Kier alpha value is -7.30. The van der Waals surface area contributed by atoms with Crippen LogP contribution in [0.25, 0.3) is 111 Å². The highest BCUT2D eigenvalue weighted by atomic mass is 14.9. The molecule has 0 aliphatic heterocycles. The summed E-state index contributed by atoms with van der Waals surface area (Å²) >= 11 is 0. The van der Waals surface area contributed by atoms with Gasteiger partial charge in [0.2, 0.25) is 0 Å². The molecule has 11 rings (SSSR count). The molecule has 4 nitrogen and oxygen atoms in total. The summed E-state index contributed by atoms with van der Waals surface area (Å²) in [5.41, 5.74) is 16.4. The fourth-order valence-electron chi connectivity index (χ4n) is 7.94. The normalized spacial score (nSPS) is 11.7. The van der Waals surface area contributed by atoms with Crippen molar-refractivity contribution in [3.05, 3.63) is 182 Å². The van der Waals surface area contributed by atoms with Gasteiger partial charge >= 0.3 is 0 Å². The number of hydrogen-bond acceptors (Lipinski definition) is 4. The molecule has 3 aromatic heterocycles. The summed E-state index contributed by atoms with van der Waals surface area (Å²) in [6.07, 6.45) is 3.76. The smallest absolute Gasteiger partial charge is 0.159 e. The van der Waals surface area contributed by atoms with Crippen molar-refractivity contribution >= 4 is 32.6 Å². The van der Waals surface area contributed by atoms with Gasteiger partial charge in [0.25, 0.3) is 0 Å². The lowest BCUT2D eigenvalue weighted by Gasteiger charge is -2.10. The second-order valence-electron chi connectivity index (χ2n) is 13.9. The number of nitrogens with zero attached hydrogens (tertiary/aromatic N) is 4. The zero-order chi connectivity index (χ0) is 35.6. The second-order valence-corrected chi connectivity index (χ2v) is 13.9. The molecule has 0 saturated heterocycles. The Kier molecular flexibility index (Phi) is 6.82. The summed E-state index contributed by atoms with van der Waals surface area (Å²) in [5, 5.41) is 4.77. The molecule has 0 fully saturated rings. The minimum atomic E-state index is 0.694. The van der Waals surface area contributed by atoms with Gasteiger partial charge in [-0.15, -0.1) is 0 Å². The molecule has 1 aliphatic carbocycles. The Morgan fingerprint density at radius 3 is 1.44 bits per heavy atom. The molecule has 0 saturated carbocycles. The first-order valence-corrected chi connectivity index (χ1v) is 18.2. The van der Waals surface area contributed by atoms with Crippen LogP contribution in [0.15, 0.2) is 182 Å². The van der Waals surface area contributed by atoms with Crippen LogP contribution in [0, 0.1) is 0 Å². The maximum absolute atomic E-state index is 5.21. The van der Waals surface area contributed by atoms with Gasteiger partial charge in [-0.3, -0.25) is 0 Å². The molecule has 0 unspecified atom stereocenters. The molecule has 0 bridgehead atoms. The predicted octanol–water partition coefficient (Wildman–Crippen LogP) is 12.7. The first-order valence-electron chi connectivity index (χ1n) is 18.2. The first kappa shape index (κ1) is 30.3. The summed E-state index contributed by atoms with van der Waals surface area (Å²) in [4.78, 5) is 19.7. The highest BCUT2D eigenvalue weighted by Crippen LogP contribution is 2.48. The van der Waals surface area contributed by atoms with E-state index in [1.165, 1.54) is 44.2 Å². The van der Waals surface area contributed by atoms with Gasteiger partial charge in [-0.05, 0) is 67.9 Å². The number of fused-ring (bicyclic) bond motifs is 6. The van der Waals surface area contributed by atoms with Gasteiger partial charge in [0.15, 0.2) is 5.82 Å². The predicted molar refractivity (Wildman–Crippen MR) is 222 cm³/mol. The van der Waals surface area contributed by atoms with E-state index in [0.29, 0.717) is 5.82 Å². The Bertz CT molecular complexity index is 3060. The van der Waals surface area contributed by atoms with Crippen molar-refractivity contribution in [3.63, 3.8) is 0 Å². The average Bonchev–Trinajstić information content (AvgIpc) is 3.58. The molecule has 10 aromatic rings. The molecule has 7 aromatic carbocycles. The molecular weight excluding hydrogens is 657 g/mol. The van der Waals surface area contributed by atoms with Crippen LogP contribution in [0.3, 0.4) is 0 Å². The maximum Gasteiger partial charge on any atom is 0.159 e. The zero-order valence-electron chi connectivity index (χ0n) is 29.1. The summed E-state index contributed by atoms with van der Waals surface area (Å²) in [6.45, 7) is 0. The van der Waals surface area contributed by atoms with Crippen molar-refractivity contribution < 1.29 is 0 Å². The monoisotopic (exact) mass is 686 g/mol. The van der Waals surface area contributed by atoms with E-state index in [4.69, 9.17) is 9.97 Å². The molecule has 0 N–H and O–H groups in total. The molecule has 0 spiro atoms. The molecule has 1 aliphatic rings. The lowest BCUT2D eigenvalue weighted by atomic mass is 9.96. The van der Waals surface area contributed by atoms with Crippen LogP contribution >= 0.6 is 0 Å². The van der Waals surface area contributed by atoms with E-state index < -0.39 is 0 Å². The number of benzene rings is 7. The molecule has 0 radical (unpaired) electrons. The zero-order valence-corrected chi connectivity index (χ0v) is 29.1. The average molecular weight is 687 g/mol. The maximum atomic E-state index is 5.21. The number of pyridine rings is 2. The summed E-state index contributed by atoms with van der Waals surface area (Å²) in [7, 11) is 0. The van der Waals surface area contributed by atoms with Gasteiger partial charge in [-0.25, -0.2) is 19.9 Å². The lowest BCUT2D eigenvalue weighted by molar-refractivity contribution is 1.18. The van der Waals surface area contributed by atoms with Crippen molar-refractivity contribution in [2.75, 3.05) is 0 Å². The number of aromatic nitrogens is 4. The van der Waals surface area contributed by atoms with Crippen LogP contribution in [0.2, 0.25) is 0 Å². The summed E-state index contributed by atoms with van der Waals surface area (Å²) in [6, 6.07) is 60.0. The fourth-order valence-corrected chi connectivity index (χ4v) is 7.94. The van der Waals surface area contributed by atoms with E-state index in [0.717, 1.165) is 61.0 Å². The van der Waals surface area contributed by atoms with Crippen molar-refractivity contribution in [1.29, 1.82) is 0 Å². The van der Waals surface area contributed by atoms with Crippen molar-refractivity contribution in [2.45, 2.75) is 0 Å². The molecule has 4 heteroatoms. The van der Waals surface area contributed by atoms with Crippen LogP contribution in [-0.4, -0.2) is 19.9 Å². The van der Waals surface area contributed by atoms with Gasteiger partial charge < -0.3 is 0 Å². The van der Waals surface area contributed by atoms with Crippen LogP contribution in [0.1, 0.15) is 0 Å². The van der Waals surface area contributed by atoms with Crippen molar-refractivity contribution in [3.8, 4) is 78.4 Å². The minimum absolute atomic E-state index is 0.694. The van der Waals surface area contributed by atoms with E-state index in [1.807, 2.05) is 30.6 Å². The third kappa shape index (κ3) is 5.00. The quantitative estimate of drug-likeness (QED) is 0.169. The fraction of sp³-hybridized carbons (Fsp3) is 0. The second kappa shape index (κ2) is 12.1. The van der Waals surface area contributed by atoms with Crippen molar-refractivity contribution in [2.24, 2.45) is 0 Å². The van der Waals surface area contributed by atoms with E-state index in [9.17, 15) is 0 Å². The lowest BCUT2D eigenvalue weighted by Crippen LogP contribution is -1.92. The Morgan fingerprint density at radius 2 is 0.815 bits per heavy atom. The third-order valence-electron chi connectivity index (χ3n) is 10.7. The van der Waals surface area contributed by atoms with Gasteiger partial charge in [-0.2, -0.15) is 0 Å². The molecule has 0 amide bonds. The SMILES string of the molecule is c1ccc(-c2cnc(-c3ccc(-c4ccc5ccc6ccc(-c7ccc(-c8ccc9c(c8)-c8cccc%10cccc-9c8%10)cc7)nc6c5n4)cc3)nc2)cc1.